The first kappa shape index (κ1) is 19.9. The van der Waals surface area contributed by atoms with Crippen LogP contribution < -0.4 is 9.64 Å². The Bertz CT molecular complexity index is 1020. The molecule has 3 aromatic rings. The van der Waals surface area contributed by atoms with Gasteiger partial charge >= 0.3 is 0 Å². The van der Waals surface area contributed by atoms with Gasteiger partial charge in [0, 0.05) is 36.9 Å². The maximum Gasteiger partial charge on any atom is 0.236 e. The zero-order valence-electron chi connectivity index (χ0n) is 17.5. The summed E-state index contributed by atoms with van der Waals surface area (Å²) >= 11 is 0. The van der Waals surface area contributed by atoms with Gasteiger partial charge in [0.05, 0.1) is 7.11 Å². The molecule has 1 atom stereocenters. The summed E-state index contributed by atoms with van der Waals surface area (Å²) in [6, 6.07) is 16.1. The molecule has 1 fully saturated rings. The van der Waals surface area contributed by atoms with Crippen LogP contribution in [0, 0.1) is 6.92 Å². The summed E-state index contributed by atoms with van der Waals surface area (Å²) in [5.74, 6) is 1.57. The van der Waals surface area contributed by atoms with Crippen molar-refractivity contribution in [1.29, 1.82) is 0 Å². The van der Waals surface area contributed by atoms with E-state index in [0.717, 1.165) is 17.9 Å². The largest absolute Gasteiger partial charge is 0.497 e. The second kappa shape index (κ2) is 8.57. The molecule has 0 radical (unpaired) electrons. The molecule has 156 valence electrons. The maximum atomic E-state index is 12.8. The van der Waals surface area contributed by atoms with Gasteiger partial charge in [-0.3, -0.25) is 4.79 Å². The van der Waals surface area contributed by atoms with Crippen LogP contribution in [0.25, 0.3) is 11.4 Å². The standard InChI is InChI=1S/C23H26N4O3/c1-16-5-4-6-19(13-16)27-12-11-26(15-17(27)2)22(28)14-21-24-23(25-30-21)18-7-9-20(29-3)10-8-18/h4-10,13,17H,11-12,14-15H2,1-3H3/t17-/m1/s1. The van der Waals surface area contributed by atoms with Crippen LogP contribution in [0.5, 0.6) is 5.75 Å². The van der Waals surface area contributed by atoms with Crippen molar-refractivity contribution in [2.45, 2.75) is 26.3 Å². The van der Waals surface area contributed by atoms with Gasteiger partial charge in [-0.15, -0.1) is 0 Å². The molecular formula is C23H26N4O3. The van der Waals surface area contributed by atoms with Crippen LogP contribution in [0.2, 0.25) is 0 Å². The SMILES string of the molecule is COc1ccc(-c2noc(CC(=O)N3CCN(c4cccc(C)c4)[C@H](C)C3)n2)cc1. The van der Waals surface area contributed by atoms with Gasteiger partial charge in [0.2, 0.25) is 17.6 Å². The lowest BCUT2D eigenvalue weighted by molar-refractivity contribution is -0.131. The number of hydrogen-bond donors (Lipinski definition) is 0. The van der Waals surface area contributed by atoms with Crippen molar-refractivity contribution in [3.05, 3.63) is 60.0 Å². The lowest BCUT2D eigenvalue weighted by Crippen LogP contribution is -2.54. The van der Waals surface area contributed by atoms with Gasteiger partial charge in [0.1, 0.15) is 12.2 Å². The number of amides is 1. The Morgan fingerprint density at radius 2 is 2.00 bits per heavy atom. The van der Waals surface area contributed by atoms with E-state index in [4.69, 9.17) is 9.26 Å². The second-order valence-electron chi connectivity index (χ2n) is 7.64. The van der Waals surface area contributed by atoms with Crippen LogP contribution in [0.1, 0.15) is 18.4 Å². The Hall–Kier alpha value is -3.35. The Morgan fingerprint density at radius 1 is 1.20 bits per heavy atom. The quantitative estimate of drug-likeness (QED) is 0.647. The van der Waals surface area contributed by atoms with Crippen molar-refractivity contribution in [1.82, 2.24) is 15.0 Å². The second-order valence-corrected chi connectivity index (χ2v) is 7.64. The minimum atomic E-state index is 0.00988. The highest BCUT2D eigenvalue weighted by Gasteiger charge is 2.28. The molecule has 0 unspecified atom stereocenters. The highest BCUT2D eigenvalue weighted by Crippen LogP contribution is 2.23. The number of carbonyl (C=O) groups is 1. The first-order chi connectivity index (χ1) is 14.5. The first-order valence-electron chi connectivity index (χ1n) is 10.1. The molecule has 4 rings (SSSR count). The molecule has 1 aliphatic rings. The third kappa shape index (κ3) is 4.30. The molecule has 1 aliphatic heterocycles. The number of methoxy groups -OCH3 is 1. The number of rotatable bonds is 5. The Labute approximate surface area is 176 Å². The molecule has 1 amide bonds. The van der Waals surface area contributed by atoms with E-state index in [1.54, 1.807) is 7.11 Å². The molecule has 0 aliphatic carbocycles. The van der Waals surface area contributed by atoms with Crippen molar-refractivity contribution in [3.63, 3.8) is 0 Å². The topological polar surface area (TPSA) is 71.7 Å². The van der Waals surface area contributed by atoms with Crippen LogP contribution in [-0.2, 0) is 11.2 Å². The summed E-state index contributed by atoms with van der Waals surface area (Å²) in [5.41, 5.74) is 3.26. The monoisotopic (exact) mass is 406 g/mol. The minimum Gasteiger partial charge on any atom is -0.497 e. The minimum absolute atomic E-state index is 0.00988. The maximum absolute atomic E-state index is 12.8. The smallest absolute Gasteiger partial charge is 0.236 e. The molecule has 2 heterocycles. The van der Waals surface area contributed by atoms with Crippen LogP contribution in [0.3, 0.4) is 0 Å². The van der Waals surface area contributed by atoms with Crippen molar-refractivity contribution >= 4 is 11.6 Å². The number of ether oxygens (including phenoxy) is 1. The first-order valence-corrected chi connectivity index (χ1v) is 10.1. The number of nitrogens with zero attached hydrogens (tertiary/aromatic N) is 4. The van der Waals surface area contributed by atoms with E-state index >= 15 is 0 Å². The predicted octanol–water partition coefficient (Wildman–Crippen LogP) is 3.33. The van der Waals surface area contributed by atoms with Crippen molar-refractivity contribution < 1.29 is 14.1 Å². The molecular weight excluding hydrogens is 380 g/mol. The summed E-state index contributed by atoms with van der Waals surface area (Å²) in [6.45, 7) is 6.40. The van der Waals surface area contributed by atoms with Gasteiger partial charge in [-0.2, -0.15) is 4.98 Å². The van der Waals surface area contributed by atoms with Crippen molar-refractivity contribution in [2.24, 2.45) is 0 Å². The Morgan fingerprint density at radius 3 is 2.70 bits per heavy atom. The zero-order valence-corrected chi connectivity index (χ0v) is 17.5. The average molecular weight is 406 g/mol. The number of carbonyl (C=O) groups excluding carboxylic acids is 1. The van der Waals surface area contributed by atoms with Crippen LogP contribution >= 0.6 is 0 Å². The number of aromatic nitrogens is 2. The molecule has 7 heteroatoms. The third-order valence-electron chi connectivity index (χ3n) is 5.43. The van der Waals surface area contributed by atoms with Gasteiger partial charge in [0.25, 0.3) is 0 Å². The lowest BCUT2D eigenvalue weighted by Gasteiger charge is -2.41. The van der Waals surface area contributed by atoms with Crippen LogP contribution in [0.15, 0.2) is 53.1 Å². The van der Waals surface area contributed by atoms with Crippen molar-refractivity contribution in [3.8, 4) is 17.1 Å². The van der Waals surface area contributed by atoms with Gasteiger partial charge in [-0.05, 0) is 55.8 Å². The third-order valence-corrected chi connectivity index (χ3v) is 5.43. The molecule has 0 spiro atoms. The molecule has 7 nitrogen and oxygen atoms in total. The molecule has 0 N–H and O–H groups in total. The molecule has 30 heavy (non-hydrogen) atoms. The predicted molar refractivity (Wildman–Crippen MR) is 115 cm³/mol. The number of hydrogen-bond acceptors (Lipinski definition) is 6. The number of anilines is 1. The Balaban J connectivity index is 1.37. The fourth-order valence-corrected chi connectivity index (χ4v) is 3.80. The number of aryl methyl sites for hydroxylation is 1. The van der Waals surface area contributed by atoms with E-state index in [9.17, 15) is 4.79 Å². The molecule has 0 bridgehead atoms. The van der Waals surface area contributed by atoms with Gasteiger partial charge in [-0.1, -0.05) is 17.3 Å². The fraction of sp³-hybridized carbons (Fsp3) is 0.348. The summed E-state index contributed by atoms with van der Waals surface area (Å²) < 4.78 is 10.5. The summed E-state index contributed by atoms with van der Waals surface area (Å²) in [5, 5.41) is 4.01. The van der Waals surface area contributed by atoms with E-state index in [-0.39, 0.29) is 18.4 Å². The molecule has 0 saturated carbocycles. The fourth-order valence-electron chi connectivity index (χ4n) is 3.80. The van der Waals surface area contributed by atoms with E-state index in [1.807, 2.05) is 29.2 Å². The highest BCUT2D eigenvalue weighted by atomic mass is 16.5. The molecule has 1 aromatic heterocycles. The van der Waals surface area contributed by atoms with E-state index in [0.29, 0.717) is 24.8 Å². The molecule has 2 aromatic carbocycles. The zero-order chi connectivity index (χ0) is 21.1. The van der Waals surface area contributed by atoms with Gasteiger partial charge < -0.3 is 19.1 Å². The van der Waals surface area contributed by atoms with Crippen LogP contribution in [-0.4, -0.2) is 53.7 Å². The Kier molecular flexibility index (Phi) is 5.70. The number of piperazine rings is 1. The summed E-state index contributed by atoms with van der Waals surface area (Å²) in [7, 11) is 1.62. The lowest BCUT2D eigenvalue weighted by atomic mass is 10.1. The normalized spacial score (nSPS) is 16.6. The molecule has 1 saturated heterocycles. The van der Waals surface area contributed by atoms with E-state index < -0.39 is 0 Å². The van der Waals surface area contributed by atoms with Crippen molar-refractivity contribution in [2.75, 3.05) is 31.6 Å². The average Bonchev–Trinajstić information content (AvgIpc) is 3.22. The highest BCUT2D eigenvalue weighted by molar-refractivity contribution is 5.78. The summed E-state index contributed by atoms with van der Waals surface area (Å²) in [6.07, 6.45) is 0.111. The van der Waals surface area contributed by atoms with Gasteiger partial charge in [0.15, 0.2) is 0 Å². The summed E-state index contributed by atoms with van der Waals surface area (Å²) in [4.78, 5) is 21.4. The van der Waals surface area contributed by atoms with E-state index in [1.165, 1.54) is 11.3 Å². The number of benzene rings is 2. The van der Waals surface area contributed by atoms with Gasteiger partial charge in [-0.25, -0.2) is 0 Å². The van der Waals surface area contributed by atoms with E-state index in [2.05, 4.69) is 53.2 Å². The van der Waals surface area contributed by atoms with Crippen LogP contribution in [0.4, 0.5) is 5.69 Å².